The van der Waals surface area contributed by atoms with E-state index in [9.17, 15) is 14.0 Å². The third-order valence-electron chi connectivity index (χ3n) is 2.78. The van der Waals surface area contributed by atoms with E-state index < -0.39 is 11.8 Å². The lowest BCUT2D eigenvalue weighted by atomic mass is 10.1. The van der Waals surface area contributed by atoms with E-state index in [1.807, 2.05) is 0 Å². The average Bonchev–Trinajstić information content (AvgIpc) is 2.38. The molecule has 6 nitrogen and oxygen atoms in total. The van der Waals surface area contributed by atoms with Gasteiger partial charge in [-0.1, -0.05) is 0 Å². The van der Waals surface area contributed by atoms with E-state index in [4.69, 9.17) is 10.5 Å². The minimum absolute atomic E-state index is 0.00103. The van der Waals surface area contributed by atoms with E-state index in [1.165, 1.54) is 11.0 Å². The van der Waals surface area contributed by atoms with E-state index in [1.54, 1.807) is 20.9 Å². The van der Waals surface area contributed by atoms with E-state index in [2.05, 4.69) is 5.32 Å². The lowest BCUT2D eigenvalue weighted by Gasteiger charge is -2.20. The molecule has 0 fully saturated rings. The smallest absolute Gasteiger partial charge is 0.340 e. The maximum atomic E-state index is 14.0. The summed E-state index contributed by atoms with van der Waals surface area (Å²) in [6.45, 7) is 4.11. The number of nitrogen functional groups attached to an aromatic ring is 1. The largest absolute Gasteiger partial charge is 0.462 e. The van der Waals surface area contributed by atoms with Gasteiger partial charge >= 0.3 is 5.97 Å². The van der Waals surface area contributed by atoms with Gasteiger partial charge < -0.3 is 20.7 Å². The summed E-state index contributed by atoms with van der Waals surface area (Å²) in [7, 11) is 1.55. The van der Waals surface area contributed by atoms with Crippen LogP contribution in [0.1, 0.15) is 24.2 Å². The van der Waals surface area contributed by atoms with Crippen molar-refractivity contribution in [3.05, 3.63) is 23.5 Å². The monoisotopic (exact) mass is 297 g/mol. The summed E-state index contributed by atoms with van der Waals surface area (Å²) < 4.78 is 18.8. The Morgan fingerprint density at radius 1 is 1.38 bits per heavy atom. The highest BCUT2D eigenvalue weighted by Gasteiger charge is 2.18. The Balaban J connectivity index is 3.04. The van der Waals surface area contributed by atoms with Crippen molar-refractivity contribution in [2.45, 2.75) is 13.8 Å². The van der Waals surface area contributed by atoms with Crippen molar-refractivity contribution in [1.82, 2.24) is 5.32 Å². The molecular formula is C14H20FN3O3. The summed E-state index contributed by atoms with van der Waals surface area (Å²) >= 11 is 0. The summed E-state index contributed by atoms with van der Waals surface area (Å²) in [5, 5.41) is 2.62. The molecule has 1 amide bonds. The molecule has 1 aromatic rings. The maximum absolute atomic E-state index is 14.0. The van der Waals surface area contributed by atoms with E-state index >= 15 is 0 Å². The number of carbonyl (C=O) groups is 2. The van der Waals surface area contributed by atoms with Crippen molar-refractivity contribution < 1.29 is 18.7 Å². The number of esters is 1. The quantitative estimate of drug-likeness (QED) is 0.608. The molecule has 0 spiro atoms. The van der Waals surface area contributed by atoms with Crippen LogP contribution in [0, 0.1) is 5.82 Å². The Kier molecular flexibility index (Phi) is 5.95. The Bertz CT molecular complexity index is 534. The molecule has 0 atom stereocenters. The highest BCUT2D eigenvalue weighted by Crippen LogP contribution is 2.25. The van der Waals surface area contributed by atoms with Crippen LogP contribution in [0.4, 0.5) is 15.8 Å². The van der Waals surface area contributed by atoms with Gasteiger partial charge in [0.2, 0.25) is 5.91 Å². The number of halogens is 1. The number of nitrogens with two attached hydrogens (primary N) is 1. The van der Waals surface area contributed by atoms with Crippen molar-refractivity contribution in [3.8, 4) is 0 Å². The SMILES string of the molecule is CCNC(=O)CN(C)c1cc(C(=O)OCC)c(N)cc1F. The van der Waals surface area contributed by atoms with Crippen LogP contribution in [0.25, 0.3) is 0 Å². The number of hydrogen-bond donors (Lipinski definition) is 2. The van der Waals surface area contributed by atoms with Gasteiger partial charge in [-0.05, 0) is 26.0 Å². The Hall–Kier alpha value is -2.31. The summed E-state index contributed by atoms with van der Waals surface area (Å²) in [4.78, 5) is 24.7. The molecule has 0 aromatic heterocycles. The van der Waals surface area contributed by atoms with E-state index in [-0.39, 0.29) is 36.0 Å². The molecule has 0 bridgehead atoms. The van der Waals surface area contributed by atoms with Gasteiger partial charge in [-0.2, -0.15) is 0 Å². The summed E-state index contributed by atoms with van der Waals surface area (Å²) in [6.07, 6.45) is 0. The minimum Gasteiger partial charge on any atom is -0.462 e. The second kappa shape index (κ2) is 7.47. The fourth-order valence-electron chi connectivity index (χ4n) is 1.81. The highest BCUT2D eigenvalue weighted by molar-refractivity contribution is 5.96. The third kappa shape index (κ3) is 4.34. The van der Waals surface area contributed by atoms with E-state index in [0.717, 1.165) is 6.07 Å². The number of anilines is 2. The number of rotatable bonds is 6. The lowest BCUT2D eigenvalue weighted by molar-refractivity contribution is -0.119. The van der Waals surface area contributed by atoms with Crippen LogP contribution in [0.2, 0.25) is 0 Å². The van der Waals surface area contributed by atoms with Crippen molar-refractivity contribution >= 4 is 23.3 Å². The zero-order chi connectivity index (χ0) is 16.0. The van der Waals surface area contributed by atoms with Crippen molar-refractivity contribution in [3.63, 3.8) is 0 Å². The summed E-state index contributed by atoms with van der Waals surface area (Å²) in [6, 6.07) is 2.34. The highest BCUT2D eigenvalue weighted by atomic mass is 19.1. The molecule has 0 saturated carbocycles. The maximum Gasteiger partial charge on any atom is 0.340 e. The van der Waals surface area contributed by atoms with Gasteiger partial charge in [0.15, 0.2) is 0 Å². The molecule has 0 heterocycles. The van der Waals surface area contributed by atoms with Crippen LogP contribution in [0.15, 0.2) is 12.1 Å². The average molecular weight is 297 g/mol. The second-order valence-corrected chi connectivity index (χ2v) is 4.42. The number of hydrogen-bond acceptors (Lipinski definition) is 5. The Morgan fingerprint density at radius 3 is 2.62 bits per heavy atom. The lowest BCUT2D eigenvalue weighted by Crippen LogP contribution is -2.35. The minimum atomic E-state index is -0.623. The number of amides is 1. The Labute approximate surface area is 123 Å². The van der Waals surface area contributed by atoms with Crippen molar-refractivity contribution in [2.24, 2.45) is 0 Å². The van der Waals surface area contributed by atoms with Gasteiger partial charge in [0, 0.05) is 19.3 Å². The second-order valence-electron chi connectivity index (χ2n) is 4.42. The summed E-state index contributed by atoms with van der Waals surface area (Å²) in [5.74, 6) is -1.47. The topological polar surface area (TPSA) is 84.7 Å². The van der Waals surface area contributed by atoms with Crippen molar-refractivity contribution in [2.75, 3.05) is 37.4 Å². The van der Waals surface area contributed by atoms with Crippen LogP contribution in [0.5, 0.6) is 0 Å². The van der Waals surface area contributed by atoms with Gasteiger partial charge in [0.25, 0.3) is 0 Å². The predicted octanol–water partition coefficient (Wildman–Crippen LogP) is 1.16. The first kappa shape index (κ1) is 16.7. The molecule has 0 radical (unpaired) electrons. The number of nitrogens with one attached hydrogen (secondary N) is 1. The molecule has 0 unspecified atom stereocenters. The standard InChI is InChI=1S/C14H20FN3O3/c1-4-17-13(19)8-18(3)12-6-9(14(20)21-5-2)11(16)7-10(12)15/h6-7H,4-5,8,16H2,1-3H3,(H,17,19). The van der Waals surface area contributed by atoms with Crippen LogP contribution in [0.3, 0.4) is 0 Å². The molecule has 116 valence electrons. The van der Waals surface area contributed by atoms with Gasteiger partial charge in [-0.25, -0.2) is 9.18 Å². The van der Waals surface area contributed by atoms with Crippen molar-refractivity contribution in [1.29, 1.82) is 0 Å². The summed E-state index contributed by atoms with van der Waals surface area (Å²) in [5.41, 5.74) is 5.82. The first-order chi connectivity index (χ1) is 9.90. The molecule has 0 aliphatic heterocycles. The molecule has 7 heteroatoms. The van der Waals surface area contributed by atoms with Crippen LogP contribution >= 0.6 is 0 Å². The number of likely N-dealkylation sites (N-methyl/N-ethyl adjacent to an activating group) is 2. The first-order valence-corrected chi connectivity index (χ1v) is 6.64. The van der Waals surface area contributed by atoms with Gasteiger partial charge in [0.05, 0.1) is 24.4 Å². The molecule has 21 heavy (non-hydrogen) atoms. The fourth-order valence-corrected chi connectivity index (χ4v) is 1.81. The normalized spacial score (nSPS) is 10.1. The molecule has 0 aliphatic rings. The zero-order valence-corrected chi connectivity index (χ0v) is 12.4. The number of nitrogens with zero attached hydrogens (tertiary/aromatic N) is 1. The predicted molar refractivity (Wildman–Crippen MR) is 78.7 cm³/mol. The Morgan fingerprint density at radius 2 is 2.05 bits per heavy atom. The van der Waals surface area contributed by atoms with Gasteiger partial charge in [0.1, 0.15) is 5.82 Å². The zero-order valence-electron chi connectivity index (χ0n) is 12.4. The van der Waals surface area contributed by atoms with Crippen LogP contribution < -0.4 is 16.0 Å². The van der Waals surface area contributed by atoms with Gasteiger partial charge in [-0.15, -0.1) is 0 Å². The molecular weight excluding hydrogens is 277 g/mol. The van der Waals surface area contributed by atoms with Crippen LogP contribution in [-0.4, -0.2) is 38.6 Å². The first-order valence-electron chi connectivity index (χ1n) is 6.64. The number of carbonyl (C=O) groups excluding carboxylic acids is 2. The number of benzene rings is 1. The third-order valence-corrected chi connectivity index (χ3v) is 2.78. The molecule has 1 rings (SSSR count). The molecule has 0 saturated heterocycles. The molecule has 3 N–H and O–H groups in total. The molecule has 1 aromatic carbocycles. The fraction of sp³-hybridized carbons (Fsp3) is 0.429. The van der Waals surface area contributed by atoms with E-state index in [0.29, 0.717) is 6.54 Å². The number of ether oxygens (including phenoxy) is 1. The molecule has 0 aliphatic carbocycles. The van der Waals surface area contributed by atoms with Crippen LogP contribution in [-0.2, 0) is 9.53 Å². The van der Waals surface area contributed by atoms with Gasteiger partial charge in [-0.3, -0.25) is 4.79 Å².